The average molecular weight is 197 g/mol. The second-order valence-corrected chi connectivity index (χ2v) is 4.08. The fourth-order valence-electron chi connectivity index (χ4n) is 1.58. The van der Waals surface area contributed by atoms with Crippen molar-refractivity contribution in [2.24, 2.45) is 0 Å². The van der Waals surface area contributed by atoms with Crippen LogP contribution < -0.4 is 4.90 Å². The Bertz CT molecular complexity index is 315. The van der Waals surface area contributed by atoms with E-state index in [4.69, 9.17) is 5.11 Å². The third-order valence-corrected chi connectivity index (χ3v) is 3.17. The largest absolute Gasteiger partial charge is 0.477 e. The van der Waals surface area contributed by atoms with Gasteiger partial charge in [-0.3, -0.25) is 0 Å². The molecule has 0 aliphatic carbocycles. The molecule has 1 N–H and O–H groups in total. The molecule has 0 aromatic carbocycles. The summed E-state index contributed by atoms with van der Waals surface area (Å²) >= 11 is 1.30. The lowest BCUT2D eigenvalue weighted by Crippen LogP contribution is -2.16. The molecule has 0 amide bonds. The van der Waals surface area contributed by atoms with Gasteiger partial charge in [0.15, 0.2) is 0 Å². The van der Waals surface area contributed by atoms with Crippen LogP contribution in [0, 0.1) is 0 Å². The molecule has 13 heavy (non-hydrogen) atoms. The van der Waals surface area contributed by atoms with Gasteiger partial charge < -0.3 is 10.0 Å². The Morgan fingerprint density at radius 3 is 2.69 bits per heavy atom. The van der Waals surface area contributed by atoms with Gasteiger partial charge in [0.05, 0.1) is 0 Å². The Morgan fingerprint density at radius 1 is 1.46 bits per heavy atom. The lowest BCUT2D eigenvalue weighted by molar-refractivity contribution is 0.0702. The van der Waals surface area contributed by atoms with Crippen molar-refractivity contribution in [3.63, 3.8) is 0 Å². The number of nitrogens with zero attached hydrogens (tertiary/aromatic N) is 1. The Balaban J connectivity index is 2.16. The molecule has 0 spiro atoms. The van der Waals surface area contributed by atoms with Gasteiger partial charge >= 0.3 is 5.97 Å². The van der Waals surface area contributed by atoms with Crippen LogP contribution >= 0.6 is 11.3 Å². The summed E-state index contributed by atoms with van der Waals surface area (Å²) in [6, 6.07) is 1.76. The van der Waals surface area contributed by atoms with Gasteiger partial charge in [0.25, 0.3) is 0 Å². The normalized spacial score (nSPS) is 16.5. The van der Waals surface area contributed by atoms with Crippen molar-refractivity contribution < 1.29 is 9.90 Å². The van der Waals surface area contributed by atoms with Crippen LogP contribution in [0.4, 0.5) is 5.69 Å². The van der Waals surface area contributed by atoms with Crippen LogP contribution in [0.3, 0.4) is 0 Å². The molecule has 1 fully saturated rings. The molecule has 70 valence electrons. The highest BCUT2D eigenvalue weighted by Crippen LogP contribution is 2.26. The smallest absolute Gasteiger partial charge is 0.345 e. The van der Waals surface area contributed by atoms with Crippen molar-refractivity contribution in [2.75, 3.05) is 18.0 Å². The molecule has 0 bridgehead atoms. The van der Waals surface area contributed by atoms with E-state index in [0.717, 1.165) is 18.8 Å². The zero-order chi connectivity index (χ0) is 9.26. The van der Waals surface area contributed by atoms with Crippen LogP contribution in [0.2, 0.25) is 0 Å². The van der Waals surface area contributed by atoms with Gasteiger partial charge in [-0.25, -0.2) is 4.79 Å². The van der Waals surface area contributed by atoms with E-state index < -0.39 is 5.97 Å². The molecule has 1 aromatic heterocycles. The third-order valence-electron chi connectivity index (χ3n) is 2.27. The van der Waals surface area contributed by atoms with Gasteiger partial charge in [-0.1, -0.05) is 0 Å². The zero-order valence-electron chi connectivity index (χ0n) is 7.19. The molecule has 4 heteroatoms. The fourth-order valence-corrected chi connectivity index (χ4v) is 2.33. The van der Waals surface area contributed by atoms with E-state index in [1.54, 1.807) is 6.07 Å². The quantitative estimate of drug-likeness (QED) is 0.788. The first-order chi connectivity index (χ1) is 6.27. The minimum atomic E-state index is -0.824. The second kappa shape index (κ2) is 3.38. The summed E-state index contributed by atoms with van der Waals surface area (Å²) in [7, 11) is 0. The number of aromatic carboxylic acids is 1. The van der Waals surface area contributed by atoms with Gasteiger partial charge in [0.2, 0.25) is 0 Å². The lowest BCUT2D eigenvalue weighted by Gasteiger charge is -2.14. The van der Waals surface area contributed by atoms with Crippen LogP contribution in [-0.2, 0) is 0 Å². The molecule has 2 rings (SSSR count). The van der Waals surface area contributed by atoms with E-state index in [0.29, 0.717) is 4.88 Å². The SMILES string of the molecule is O=C(O)c1cc(N2CCCC2)cs1. The van der Waals surface area contributed by atoms with E-state index in [2.05, 4.69) is 4.90 Å². The number of thiophene rings is 1. The molecule has 3 nitrogen and oxygen atoms in total. The number of carbonyl (C=O) groups is 1. The first kappa shape index (κ1) is 8.56. The molecule has 1 aliphatic rings. The van der Waals surface area contributed by atoms with Crippen LogP contribution in [0.25, 0.3) is 0 Å². The van der Waals surface area contributed by atoms with Crippen LogP contribution in [0.5, 0.6) is 0 Å². The van der Waals surface area contributed by atoms with E-state index in [9.17, 15) is 4.79 Å². The predicted molar refractivity (Wildman–Crippen MR) is 52.7 cm³/mol. The predicted octanol–water partition coefficient (Wildman–Crippen LogP) is 2.05. The summed E-state index contributed by atoms with van der Waals surface area (Å²) in [4.78, 5) is 13.3. The summed E-state index contributed by atoms with van der Waals surface area (Å²) < 4.78 is 0. The van der Waals surface area contributed by atoms with Gasteiger partial charge in [0.1, 0.15) is 4.88 Å². The molecular weight excluding hydrogens is 186 g/mol. The highest BCUT2D eigenvalue weighted by atomic mass is 32.1. The Morgan fingerprint density at radius 2 is 2.15 bits per heavy atom. The van der Waals surface area contributed by atoms with E-state index >= 15 is 0 Å². The number of hydrogen-bond donors (Lipinski definition) is 1. The first-order valence-corrected chi connectivity index (χ1v) is 5.22. The molecule has 1 aliphatic heterocycles. The average Bonchev–Trinajstić information content (AvgIpc) is 2.75. The summed E-state index contributed by atoms with van der Waals surface area (Å²) in [5.41, 5.74) is 1.07. The maximum Gasteiger partial charge on any atom is 0.345 e. The minimum absolute atomic E-state index is 0.432. The molecule has 0 radical (unpaired) electrons. The molecule has 0 saturated carbocycles. The molecule has 1 saturated heterocycles. The Kier molecular flexibility index (Phi) is 2.22. The number of carboxylic acid groups (broad SMARTS) is 1. The number of carboxylic acids is 1. The summed E-state index contributed by atoms with van der Waals surface area (Å²) in [6.07, 6.45) is 2.44. The topological polar surface area (TPSA) is 40.5 Å². The van der Waals surface area contributed by atoms with Crippen molar-refractivity contribution in [2.45, 2.75) is 12.8 Å². The van der Waals surface area contributed by atoms with Gasteiger partial charge in [-0.15, -0.1) is 11.3 Å². The monoisotopic (exact) mass is 197 g/mol. The standard InChI is InChI=1S/C9H11NO2S/c11-9(12)8-5-7(6-13-8)10-3-1-2-4-10/h5-6H,1-4H2,(H,11,12). The fraction of sp³-hybridized carbons (Fsp3) is 0.444. The van der Waals surface area contributed by atoms with Gasteiger partial charge in [-0.2, -0.15) is 0 Å². The Hall–Kier alpha value is -1.03. The molecule has 2 heterocycles. The molecule has 1 aromatic rings. The summed E-state index contributed by atoms with van der Waals surface area (Å²) in [5.74, 6) is -0.824. The van der Waals surface area contributed by atoms with E-state index in [-0.39, 0.29) is 0 Å². The summed E-state index contributed by atoms with van der Waals surface area (Å²) in [6.45, 7) is 2.13. The molecule has 0 atom stereocenters. The van der Waals surface area contributed by atoms with Crippen molar-refractivity contribution in [3.05, 3.63) is 16.3 Å². The number of hydrogen-bond acceptors (Lipinski definition) is 3. The van der Waals surface area contributed by atoms with Crippen molar-refractivity contribution in [3.8, 4) is 0 Å². The maximum absolute atomic E-state index is 10.6. The highest BCUT2D eigenvalue weighted by Gasteiger charge is 2.15. The maximum atomic E-state index is 10.6. The van der Waals surface area contributed by atoms with Crippen LogP contribution in [-0.4, -0.2) is 24.2 Å². The van der Waals surface area contributed by atoms with Crippen molar-refractivity contribution in [1.29, 1.82) is 0 Å². The van der Waals surface area contributed by atoms with Gasteiger partial charge in [-0.05, 0) is 18.9 Å². The van der Waals surface area contributed by atoms with E-state index in [1.807, 2.05) is 5.38 Å². The van der Waals surface area contributed by atoms with Crippen molar-refractivity contribution in [1.82, 2.24) is 0 Å². The first-order valence-electron chi connectivity index (χ1n) is 4.34. The zero-order valence-corrected chi connectivity index (χ0v) is 8.01. The minimum Gasteiger partial charge on any atom is -0.477 e. The van der Waals surface area contributed by atoms with Gasteiger partial charge in [0, 0.05) is 24.2 Å². The lowest BCUT2D eigenvalue weighted by atomic mass is 10.4. The van der Waals surface area contributed by atoms with Crippen molar-refractivity contribution >= 4 is 23.0 Å². The second-order valence-electron chi connectivity index (χ2n) is 3.17. The summed E-state index contributed by atoms with van der Waals surface area (Å²) in [5, 5.41) is 10.7. The molecular formula is C9H11NO2S. The van der Waals surface area contributed by atoms with Crippen LogP contribution in [0.1, 0.15) is 22.5 Å². The number of anilines is 1. The Labute approximate surface area is 80.6 Å². The third kappa shape index (κ3) is 1.67. The van der Waals surface area contributed by atoms with Crippen LogP contribution in [0.15, 0.2) is 11.4 Å². The number of rotatable bonds is 2. The molecule has 0 unspecified atom stereocenters. The highest BCUT2D eigenvalue weighted by molar-refractivity contribution is 7.12. The van der Waals surface area contributed by atoms with E-state index in [1.165, 1.54) is 24.2 Å².